The zero-order valence-electron chi connectivity index (χ0n) is 11.2. The van der Waals surface area contributed by atoms with Gasteiger partial charge in [0, 0.05) is 5.56 Å². The van der Waals surface area contributed by atoms with E-state index in [1.165, 1.54) is 24.3 Å². The van der Waals surface area contributed by atoms with Gasteiger partial charge in [0.1, 0.15) is 17.1 Å². The van der Waals surface area contributed by atoms with Crippen molar-refractivity contribution in [2.45, 2.75) is 12.8 Å². The molecule has 0 amide bonds. The van der Waals surface area contributed by atoms with Crippen molar-refractivity contribution in [3.05, 3.63) is 34.8 Å². The van der Waals surface area contributed by atoms with E-state index in [0.29, 0.717) is 15.6 Å². The summed E-state index contributed by atoms with van der Waals surface area (Å²) >= 11 is 1.10. The summed E-state index contributed by atoms with van der Waals surface area (Å²) in [7, 11) is 0. The number of alkyl halides is 3. The standard InChI is InChI=1S/C13H6F3N5OS/c14-13(15,16)9-3-1-8(2-4-9)12-20-19-11(23-12)7-22-21-10(5-17)6-18/h1-4H,7H2. The lowest BCUT2D eigenvalue weighted by Gasteiger charge is -2.06. The van der Waals surface area contributed by atoms with E-state index in [4.69, 9.17) is 15.4 Å². The summed E-state index contributed by atoms with van der Waals surface area (Å²) in [6.07, 6.45) is -4.39. The van der Waals surface area contributed by atoms with E-state index in [0.717, 1.165) is 23.5 Å². The highest BCUT2D eigenvalue weighted by molar-refractivity contribution is 7.14. The zero-order chi connectivity index (χ0) is 16.9. The fourth-order valence-electron chi connectivity index (χ4n) is 1.45. The number of hydrogen-bond donors (Lipinski definition) is 0. The Morgan fingerprint density at radius 2 is 1.83 bits per heavy atom. The lowest BCUT2D eigenvalue weighted by atomic mass is 10.1. The van der Waals surface area contributed by atoms with Gasteiger partial charge in [-0.2, -0.15) is 23.7 Å². The Hall–Kier alpha value is -2.98. The second-order valence-electron chi connectivity index (χ2n) is 4.01. The molecule has 116 valence electrons. The minimum absolute atomic E-state index is 0.106. The lowest BCUT2D eigenvalue weighted by molar-refractivity contribution is -0.137. The molecule has 0 saturated carbocycles. The van der Waals surface area contributed by atoms with Crippen molar-refractivity contribution in [2.75, 3.05) is 0 Å². The molecule has 1 aromatic heterocycles. The van der Waals surface area contributed by atoms with Crippen LogP contribution in [0.4, 0.5) is 13.2 Å². The van der Waals surface area contributed by atoms with Gasteiger partial charge in [0.05, 0.1) is 5.56 Å². The summed E-state index contributed by atoms with van der Waals surface area (Å²) in [4.78, 5) is 4.78. The van der Waals surface area contributed by atoms with Crippen molar-refractivity contribution in [3.63, 3.8) is 0 Å². The molecule has 10 heteroatoms. The number of halogens is 3. The zero-order valence-corrected chi connectivity index (χ0v) is 12.0. The molecule has 0 bridgehead atoms. The molecule has 0 aliphatic heterocycles. The smallest absolute Gasteiger partial charge is 0.387 e. The summed E-state index contributed by atoms with van der Waals surface area (Å²) in [5, 5.41) is 28.7. The number of nitrogens with zero attached hydrogens (tertiary/aromatic N) is 5. The number of hydrogen-bond acceptors (Lipinski definition) is 7. The molecule has 2 rings (SSSR count). The van der Waals surface area contributed by atoms with Crippen molar-refractivity contribution in [2.24, 2.45) is 5.16 Å². The monoisotopic (exact) mass is 337 g/mol. The Bertz CT molecular complexity index is 783. The molecule has 6 nitrogen and oxygen atoms in total. The van der Waals surface area contributed by atoms with Gasteiger partial charge in [-0.1, -0.05) is 28.6 Å². The highest BCUT2D eigenvalue weighted by atomic mass is 32.1. The molecule has 0 radical (unpaired) electrons. The van der Waals surface area contributed by atoms with E-state index in [1.807, 2.05) is 0 Å². The average molecular weight is 337 g/mol. The van der Waals surface area contributed by atoms with Crippen LogP contribution in [0.2, 0.25) is 0 Å². The maximum absolute atomic E-state index is 12.5. The van der Waals surface area contributed by atoms with Crippen molar-refractivity contribution in [1.82, 2.24) is 10.2 Å². The van der Waals surface area contributed by atoms with Crippen LogP contribution >= 0.6 is 11.3 Å². The van der Waals surface area contributed by atoms with Crippen LogP contribution in [-0.2, 0) is 17.6 Å². The van der Waals surface area contributed by atoms with Crippen molar-refractivity contribution < 1.29 is 18.0 Å². The van der Waals surface area contributed by atoms with Gasteiger partial charge >= 0.3 is 6.18 Å². The molecule has 23 heavy (non-hydrogen) atoms. The quantitative estimate of drug-likeness (QED) is 0.631. The second kappa shape index (κ2) is 6.85. The molecule has 0 aliphatic carbocycles. The van der Waals surface area contributed by atoms with Gasteiger partial charge in [-0.15, -0.1) is 10.2 Å². The van der Waals surface area contributed by atoms with Gasteiger partial charge in [0.15, 0.2) is 11.6 Å². The first kappa shape index (κ1) is 16.4. The van der Waals surface area contributed by atoms with Crippen LogP contribution in [0.5, 0.6) is 0 Å². The fraction of sp³-hybridized carbons (Fsp3) is 0.154. The Labute approximate surface area is 132 Å². The van der Waals surface area contributed by atoms with Gasteiger partial charge in [-0.05, 0) is 12.1 Å². The Balaban J connectivity index is 2.07. The molecule has 2 aromatic rings. The number of oxime groups is 1. The molecule has 0 atom stereocenters. The maximum Gasteiger partial charge on any atom is 0.416 e. The highest BCUT2D eigenvalue weighted by Crippen LogP contribution is 2.31. The van der Waals surface area contributed by atoms with Gasteiger partial charge in [-0.25, -0.2) is 0 Å². The van der Waals surface area contributed by atoms with Crippen LogP contribution < -0.4 is 0 Å². The third kappa shape index (κ3) is 4.25. The molecular formula is C13H6F3N5OS. The van der Waals surface area contributed by atoms with Gasteiger partial charge in [0.2, 0.25) is 0 Å². The number of rotatable bonds is 4. The molecule has 1 heterocycles. The third-order valence-electron chi connectivity index (χ3n) is 2.48. The van der Waals surface area contributed by atoms with E-state index < -0.39 is 17.5 Å². The summed E-state index contributed by atoms with van der Waals surface area (Å²) in [6.45, 7) is -0.106. The summed E-state index contributed by atoms with van der Waals surface area (Å²) in [6, 6.07) is 7.58. The van der Waals surface area contributed by atoms with Crippen LogP contribution in [0.15, 0.2) is 29.4 Å². The van der Waals surface area contributed by atoms with E-state index in [1.54, 1.807) is 0 Å². The average Bonchev–Trinajstić information content (AvgIpc) is 3.00. The third-order valence-corrected chi connectivity index (χ3v) is 3.43. The molecular weight excluding hydrogens is 331 g/mol. The molecule has 0 unspecified atom stereocenters. The van der Waals surface area contributed by atoms with Crippen LogP contribution in [0, 0.1) is 22.7 Å². The second-order valence-corrected chi connectivity index (χ2v) is 5.08. The Kier molecular flexibility index (Phi) is 4.88. The van der Waals surface area contributed by atoms with Crippen molar-refractivity contribution in [1.29, 1.82) is 10.5 Å². The molecule has 0 spiro atoms. The Morgan fingerprint density at radius 3 is 2.39 bits per heavy atom. The normalized spacial score (nSPS) is 10.5. The highest BCUT2D eigenvalue weighted by Gasteiger charge is 2.30. The predicted molar refractivity (Wildman–Crippen MR) is 73.8 cm³/mol. The minimum atomic E-state index is -4.39. The summed E-state index contributed by atoms with van der Waals surface area (Å²) < 4.78 is 37.5. The van der Waals surface area contributed by atoms with Gasteiger partial charge < -0.3 is 4.84 Å². The largest absolute Gasteiger partial charge is 0.416 e. The van der Waals surface area contributed by atoms with Crippen LogP contribution in [0.1, 0.15) is 10.6 Å². The summed E-state index contributed by atoms with van der Waals surface area (Å²) in [5.74, 6) is 0. The van der Waals surface area contributed by atoms with E-state index in [-0.39, 0.29) is 6.61 Å². The first-order chi connectivity index (χ1) is 10.9. The molecule has 0 fully saturated rings. The molecule has 0 aliphatic rings. The van der Waals surface area contributed by atoms with Crippen molar-refractivity contribution in [3.8, 4) is 22.7 Å². The summed E-state index contributed by atoms with van der Waals surface area (Å²) in [5.41, 5.74) is -0.693. The van der Waals surface area contributed by atoms with Crippen LogP contribution in [-0.4, -0.2) is 15.9 Å². The van der Waals surface area contributed by atoms with E-state index in [9.17, 15) is 13.2 Å². The molecule has 0 saturated heterocycles. The lowest BCUT2D eigenvalue weighted by Crippen LogP contribution is -2.03. The predicted octanol–water partition coefficient (Wildman–Crippen LogP) is 3.14. The number of benzene rings is 1. The SMILES string of the molecule is N#CC(C#N)=NOCc1nnc(-c2ccc(C(F)(F)F)cc2)s1. The van der Waals surface area contributed by atoms with Crippen LogP contribution in [0.25, 0.3) is 10.6 Å². The van der Waals surface area contributed by atoms with Gasteiger partial charge in [-0.3, -0.25) is 0 Å². The maximum atomic E-state index is 12.5. The Morgan fingerprint density at radius 1 is 1.17 bits per heavy atom. The van der Waals surface area contributed by atoms with E-state index >= 15 is 0 Å². The fourth-order valence-corrected chi connectivity index (χ4v) is 2.20. The molecule has 0 N–H and O–H groups in total. The first-order valence-electron chi connectivity index (χ1n) is 5.94. The number of nitriles is 2. The molecule has 1 aromatic carbocycles. The van der Waals surface area contributed by atoms with Crippen molar-refractivity contribution >= 4 is 17.0 Å². The topological polar surface area (TPSA) is 95.0 Å². The van der Waals surface area contributed by atoms with E-state index in [2.05, 4.69) is 15.4 Å². The first-order valence-corrected chi connectivity index (χ1v) is 6.76. The number of aromatic nitrogens is 2. The van der Waals surface area contributed by atoms with Crippen LogP contribution in [0.3, 0.4) is 0 Å². The van der Waals surface area contributed by atoms with Gasteiger partial charge in [0.25, 0.3) is 5.71 Å². The minimum Gasteiger partial charge on any atom is -0.387 e.